The van der Waals surface area contributed by atoms with Crippen LogP contribution in [0.1, 0.15) is 18.2 Å². The van der Waals surface area contributed by atoms with Gasteiger partial charge in [0.25, 0.3) is 0 Å². The zero-order valence-electron chi connectivity index (χ0n) is 6.77. The van der Waals surface area contributed by atoms with Crippen molar-refractivity contribution in [3.63, 3.8) is 0 Å². The van der Waals surface area contributed by atoms with Crippen molar-refractivity contribution < 1.29 is 9.90 Å². The lowest BCUT2D eigenvalue weighted by molar-refractivity contribution is -0.137. The van der Waals surface area contributed by atoms with E-state index < -0.39 is 12.0 Å². The molecule has 0 radical (unpaired) electrons. The molecule has 0 aliphatic heterocycles. The largest absolute Gasteiger partial charge is 0.481 e. The van der Waals surface area contributed by atoms with Crippen LogP contribution in [0.2, 0.25) is 5.15 Å². The maximum Gasteiger partial charge on any atom is 0.305 e. The van der Waals surface area contributed by atoms with Gasteiger partial charge in [0, 0.05) is 0 Å². The summed E-state index contributed by atoms with van der Waals surface area (Å²) in [5.41, 5.74) is 6.06. The number of carbonyl (C=O) groups is 1. The molecule has 0 aliphatic carbocycles. The third-order valence-electron chi connectivity index (χ3n) is 1.51. The fourth-order valence-electron chi connectivity index (χ4n) is 0.923. The lowest BCUT2D eigenvalue weighted by Crippen LogP contribution is -2.16. The second kappa shape index (κ2) is 4.20. The van der Waals surface area contributed by atoms with Crippen LogP contribution in [0.4, 0.5) is 0 Å². The van der Waals surface area contributed by atoms with Gasteiger partial charge in [0.1, 0.15) is 5.15 Å². The molecule has 1 aromatic heterocycles. The van der Waals surface area contributed by atoms with Gasteiger partial charge < -0.3 is 10.8 Å². The van der Waals surface area contributed by atoms with E-state index in [4.69, 9.17) is 22.4 Å². The van der Waals surface area contributed by atoms with Crippen LogP contribution in [0.25, 0.3) is 0 Å². The highest BCUT2D eigenvalue weighted by Gasteiger charge is 2.11. The highest BCUT2D eigenvalue weighted by molar-refractivity contribution is 6.29. The highest BCUT2D eigenvalue weighted by Crippen LogP contribution is 2.13. The smallest absolute Gasteiger partial charge is 0.305 e. The minimum atomic E-state index is -0.950. The van der Waals surface area contributed by atoms with Gasteiger partial charge in [-0.2, -0.15) is 0 Å². The maximum absolute atomic E-state index is 10.3. The summed E-state index contributed by atoms with van der Waals surface area (Å²) in [5, 5.41) is 8.79. The molecule has 0 unspecified atom stereocenters. The number of nitrogens with zero attached hydrogens (tertiary/aromatic N) is 1. The molecule has 1 heterocycles. The van der Waals surface area contributed by atoms with E-state index in [0.717, 1.165) is 0 Å². The predicted octanol–water partition coefficient (Wildman–Crippen LogP) is 1.21. The Morgan fingerprint density at radius 3 is 2.92 bits per heavy atom. The van der Waals surface area contributed by atoms with E-state index in [1.807, 2.05) is 0 Å². The van der Waals surface area contributed by atoms with Gasteiger partial charge in [-0.15, -0.1) is 0 Å². The molecule has 4 nitrogen and oxygen atoms in total. The van der Waals surface area contributed by atoms with E-state index in [0.29, 0.717) is 10.8 Å². The Morgan fingerprint density at radius 2 is 2.38 bits per heavy atom. The molecule has 1 atom stereocenters. The lowest BCUT2D eigenvalue weighted by Gasteiger charge is -2.07. The van der Waals surface area contributed by atoms with Gasteiger partial charge in [0.15, 0.2) is 0 Å². The van der Waals surface area contributed by atoms with Gasteiger partial charge in [-0.3, -0.25) is 4.79 Å². The fourth-order valence-corrected chi connectivity index (χ4v) is 1.09. The molecule has 0 spiro atoms. The van der Waals surface area contributed by atoms with Crippen LogP contribution in [0, 0.1) is 0 Å². The second-order valence-electron chi connectivity index (χ2n) is 2.59. The highest BCUT2D eigenvalue weighted by atomic mass is 35.5. The van der Waals surface area contributed by atoms with Crippen LogP contribution in [0.3, 0.4) is 0 Å². The van der Waals surface area contributed by atoms with E-state index in [2.05, 4.69) is 4.98 Å². The zero-order chi connectivity index (χ0) is 9.84. The summed E-state index contributed by atoms with van der Waals surface area (Å²) < 4.78 is 0. The third kappa shape index (κ3) is 3.01. The summed E-state index contributed by atoms with van der Waals surface area (Å²) in [6.07, 6.45) is -0.145. The number of halogens is 1. The van der Waals surface area contributed by atoms with Crippen LogP contribution in [-0.2, 0) is 4.79 Å². The Hall–Kier alpha value is -1.13. The van der Waals surface area contributed by atoms with E-state index in [1.54, 1.807) is 18.2 Å². The minimum absolute atomic E-state index is 0.145. The number of rotatable bonds is 3. The van der Waals surface area contributed by atoms with Crippen LogP contribution >= 0.6 is 11.6 Å². The molecule has 3 N–H and O–H groups in total. The van der Waals surface area contributed by atoms with Gasteiger partial charge >= 0.3 is 5.97 Å². The van der Waals surface area contributed by atoms with Crippen molar-refractivity contribution in [3.8, 4) is 0 Å². The summed E-state index contributed by atoms with van der Waals surface area (Å²) in [7, 11) is 0. The van der Waals surface area contributed by atoms with Crippen LogP contribution in [0.15, 0.2) is 18.2 Å². The number of carboxylic acids is 1. The molecule has 0 saturated heterocycles. The Labute approximate surface area is 80.3 Å². The molecule has 0 fully saturated rings. The maximum atomic E-state index is 10.3. The van der Waals surface area contributed by atoms with Gasteiger partial charge in [0.2, 0.25) is 0 Å². The first-order chi connectivity index (χ1) is 6.09. The molecule has 0 saturated carbocycles. The molecule has 1 rings (SSSR count). The number of hydrogen-bond acceptors (Lipinski definition) is 3. The lowest BCUT2D eigenvalue weighted by atomic mass is 10.1. The molecule has 5 heteroatoms. The normalized spacial score (nSPS) is 12.5. The van der Waals surface area contributed by atoms with Crippen molar-refractivity contribution in [3.05, 3.63) is 29.0 Å². The number of hydrogen-bond donors (Lipinski definition) is 2. The van der Waals surface area contributed by atoms with Gasteiger partial charge in [-0.1, -0.05) is 17.7 Å². The van der Waals surface area contributed by atoms with E-state index >= 15 is 0 Å². The van der Waals surface area contributed by atoms with Crippen LogP contribution in [-0.4, -0.2) is 16.1 Å². The number of aromatic nitrogens is 1. The summed E-state index contributed by atoms with van der Waals surface area (Å²) in [4.78, 5) is 14.2. The third-order valence-corrected chi connectivity index (χ3v) is 1.72. The second-order valence-corrected chi connectivity index (χ2v) is 2.98. The quantitative estimate of drug-likeness (QED) is 0.720. The average Bonchev–Trinajstić information content (AvgIpc) is 2.03. The predicted molar refractivity (Wildman–Crippen MR) is 48.4 cm³/mol. The monoisotopic (exact) mass is 200 g/mol. The van der Waals surface area contributed by atoms with Crippen molar-refractivity contribution >= 4 is 17.6 Å². The van der Waals surface area contributed by atoms with Crippen molar-refractivity contribution in [1.82, 2.24) is 4.98 Å². The minimum Gasteiger partial charge on any atom is -0.481 e. The molecule has 0 amide bonds. The average molecular weight is 201 g/mol. The number of pyridine rings is 1. The van der Waals surface area contributed by atoms with Crippen molar-refractivity contribution in [2.24, 2.45) is 5.73 Å². The van der Waals surface area contributed by atoms with E-state index in [1.165, 1.54) is 0 Å². The first kappa shape index (κ1) is 9.95. The van der Waals surface area contributed by atoms with E-state index in [9.17, 15) is 4.79 Å². The molecule has 0 aliphatic rings. The first-order valence-corrected chi connectivity index (χ1v) is 4.07. The van der Waals surface area contributed by atoms with Gasteiger partial charge in [0.05, 0.1) is 18.2 Å². The van der Waals surface area contributed by atoms with Crippen molar-refractivity contribution in [2.45, 2.75) is 12.5 Å². The molecule has 13 heavy (non-hydrogen) atoms. The SMILES string of the molecule is N[C@@H](CC(=O)O)c1cccc(Cl)n1. The van der Waals surface area contributed by atoms with Gasteiger partial charge in [-0.25, -0.2) is 4.98 Å². The Balaban J connectivity index is 2.76. The fraction of sp³-hybridized carbons (Fsp3) is 0.250. The molecule has 0 aromatic carbocycles. The summed E-state index contributed by atoms with van der Waals surface area (Å²) in [5.74, 6) is -0.950. The Bertz CT molecular complexity index is 317. The molecular weight excluding hydrogens is 192 g/mol. The number of nitrogens with two attached hydrogens (primary N) is 1. The Kier molecular flexibility index (Phi) is 3.22. The topological polar surface area (TPSA) is 76.2 Å². The zero-order valence-corrected chi connectivity index (χ0v) is 7.53. The van der Waals surface area contributed by atoms with Gasteiger partial charge in [-0.05, 0) is 12.1 Å². The standard InChI is InChI=1S/C8H9ClN2O2/c9-7-3-1-2-6(11-7)5(10)4-8(12)13/h1-3,5H,4,10H2,(H,12,13)/t5-/m0/s1. The van der Waals surface area contributed by atoms with Crippen LogP contribution in [0.5, 0.6) is 0 Å². The number of aliphatic carboxylic acids is 1. The van der Waals surface area contributed by atoms with Crippen molar-refractivity contribution in [2.75, 3.05) is 0 Å². The molecule has 1 aromatic rings. The van der Waals surface area contributed by atoms with E-state index in [-0.39, 0.29) is 6.42 Å². The van der Waals surface area contributed by atoms with Crippen LogP contribution < -0.4 is 5.73 Å². The Morgan fingerprint density at radius 1 is 1.69 bits per heavy atom. The van der Waals surface area contributed by atoms with Crippen molar-refractivity contribution in [1.29, 1.82) is 0 Å². The summed E-state index contributed by atoms with van der Waals surface area (Å²) in [6, 6.07) is 4.35. The number of carboxylic acid groups (broad SMARTS) is 1. The molecular formula is C8H9ClN2O2. The molecule has 0 bridgehead atoms. The summed E-state index contributed by atoms with van der Waals surface area (Å²) in [6.45, 7) is 0. The summed E-state index contributed by atoms with van der Waals surface area (Å²) >= 11 is 5.61. The first-order valence-electron chi connectivity index (χ1n) is 3.69. The molecule has 70 valence electrons.